The van der Waals surface area contributed by atoms with Gasteiger partial charge in [-0.1, -0.05) is 0 Å². The van der Waals surface area contributed by atoms with E-state index in [0.717, 1.165) is 0 Å². The van der Waals surface area contributed by atoms with Gasteiger partial charge in [0.15, 0.2) is 0 Å². The second-order valence-corrected chi connectivity index (χ2v) is 3.32. The lowest BCUT2D eigenvalue weighted by Crippen LogP contribution is -3.00. The van der Waals surface area contributed by atoms with Gasteiger partial charge in [0.2, 0.25) is 5.78 Å². The molecule has 0 aromatic heterocycles. The van der Waals surface area contributed by atoms with Crippen LogP contribution < -0.4 is 12.4 Å². The molecule has 0 aromatic carbocycles. The van der Waals surface area contributed by atoms with Gasteiger partial charge in [-0.15, -0.1) is 0 Å². The molecule has 4 heteroatoms. The van der Waals surface area contributed by atoms with E-state index in [-0.39, 0.29) is 24.6 Å². The van der Waals surface area contributed by atoms with Crippen LogP contribution in [0.2, 0.25) is 0 Å². The summed E-state index contributed by atoms with van der Waals surface area (Å²) >= 11 is 0. The van der Waals surface area contributed by atoms with Gasteiger partial charge in [-0.25, -0.2) is 0 Å². The molecule has 0 rings (SSSR count). The number of hydrogen-bond acceptors (Lipinski definition) is 2. The second kappa shape index (κ2) is 5.11. The zero-order valence-corrected chi connectivity index (χ0v) is 7.85. The van der Waals surface area contributed by atoms with E-state index >= 15 is 0 Å². The van der Waals surface area contributed by atoms with Crippen molar-refractivity contribution < 1.29 is 21.7 Å². The van der Waals surface area contributed by atoms with E-state index in [1.165, 1.54) is 0 Å². The van der Waals surface area contributed by atoms with Crippen LogP contribution >= 0.6 is 0 Å². The molecule has 0 fully saturated rings. The molecule has 0 saturated heterocycles. The first-order valence-corrected chi connectivity index (χ1v) is 3.15. The molecule has 11 heavy (non-hydrogen) atoms. The van der Waals surface area contributed by atoms with E-state index in [1.54, 1.807) is 0 Å². The van der Waals surface area contributed by atoms with Crippen LogP contribution in [-0.2, 0) is 4.79 Å². The third-order valence-corrected chi connectivity index (χ3v) is 0.927. The Bertz CT molecular complexity index is 166. The first-order valence-electron chi connectivity index (χ1n) is 3.15. The molecular weight excluding hydrogens is 164 g/mol. The predicted molar refractivity (Wildman–Crippen MR) is 38.1 cm³/mol. The molecule has 0 amide bonds. The summed E-state index contributed by atoms with van der Waals surface area (Å²) < 4.78 is 0.598. The van der Waals surface area contributed by atoms with Crippen molar-refractivity contribution in [1.82, 2.24) is 0 Å². The maximum atomic E-state index is 10.8. The van der Waals surface area contributed by atoms with Gasteiger partial charge >= 0.3 is 0 Å². The van der Waals surface area contributed by atoms with Crippen LogP contribution in [0.4, 0.5) is 0 Å². The summed E-state index contributed by atoms with van der Waals surface area (Å²) in [5.41, 5.74) is 0. The maximum Gasteiger partial charge on any atom is 0.200 e. The topological polar surface area (TPSA) is 40.9 Å². The van der Waals surface area contributed by atoms with E-state index < -0.39 is 0 Å². The number of hydrogen-bond donors (Lipinski definition) is 0. The van der Waals surface area contributed by atoms with Crippen molar-refractivity contribution in [2.45, 2.75) is 6.42 Å². The highest BCUT2D eigenvalue weighted by Gasteiger charge is 2.12. The van der Waals surface area contributed by atoms with Gasteiger partial charge < -0.3 is 16.9 Å². The van der Waals surface area contributed by atoms with E-state index in [9.17, 15) is 4.79 Å². The SMILES string of the molecule is C[N+](C)(C)CC(=O)CC#N.[Cl-]. The average Bonchev–Trinajstić information content (AvgIpc) is 1.59. The summed E-state index contributed by atoms with van der Waals surface area (Å²) in [5, 5.41) is 8.16. The molecule has 0 radical (unpaired) electrons. The Labute approximate surface area is 73.6 Å². The van der Waals surface area contributed by atoms with Gasteiger partial charge in [-0.3, -0.25) is 4.79 Å². The third-order valence-electron chi connectivity index (χ3n) is 0.927. The maximum absolute atomic E-state index is 10.8. The fourth-order valence-corrected chi connectivity index (χ4v) is 0.673. The monoisotopic (exact) mass is 176 g/mol. The molecule has 0 aromatic rings. The molecule has 0 spiro atoms. The Morgan fingerprint density at radius 2 is 1.91 bits per heavy atom. The van der Waals surface area contributed by atoms with Gasteiger partial charge in [0.25, 0.3) is 0 Å². The quantitative estimate of drug-likeness (QED) is 0.436. The molecule has 0 N–H and O–H groups in total. The molecule has 0 aliphatic carbocycles. The van der Waals surface area contributed by atoms with Crippen LogP contribution in [0.25, 0.3) is 0 Å². The summed E-state index contributed by atoms with van der Waals surface area (Å²) in [4.78, 5) is 10.8. The molecule has 0 aliphatic heterocycles. The van der Waals surface area contributed by atoms with Crippen LogP contribution in [0.5, 0.6) is 0 Å². The first-order chi connectivity index (χ1) is 4.45. The molecule has 64 valence electrons. The summed E-state index contributed by atoms with van der Waals surface area (Å²) in [5.74, 6) is 0.00926. The van der Waals surface area contributed by atoms with Crippen molar-refractivity contribution in [3.8, 4) is 6.07 Å². The lowest BCUT2D eigenvalue weighted by molar-refractivity contribution is -0.862. The van der Waals surface area contributed by atoms with Gasteiger partial charge in [-0.2, -0.15) is 5.26 Å². The Morgan fingerprint density at radius 3 is 2.18 bits per heavy atom. The van der Waals surface area contributed by atoms with Gasteiger partial charge in [0, 0.05) is 0 Å². The number of quaternary nitrogens is 1. The second-order valence-electron chi connectivity index (χ2n) is 3.32. The number of nitriles is 1. The first kappa shape index (κ1) is 13.0. The van der Waals surface area contributed by atoms with Gasteiger partial charge in [0.05, 0.1) is 33.6 Å². The van der Waals surface area contributed by atoms with E-state index in [4.69, 9.17) is 5.26 Å². The lowest BCUT2D eigenvalue weighted by atomic mass is 10.3. The Morgan fingerprint density at radius 1 is 1.45 bits per heavy atom. The smallest absolute Gasteiger partial charge is 0.200 e. The van der Waals surface area contributed by atoms with E-state index in [0.29, 0.717) is 11.0 Å². The molecular formula is C7H13ClN2O. The van der Waals surface area contributed by atoms with Gasteiger partial charge in [0.1, 0.15) is 6.54 Å². The average molecular weight is 177 g/mol. The minimum absolute atomic E-state index is 0. The highest BCUT2D eigenvalue weighted by atomic mass is 35.5. The predicted octanol–water partition coefficient (Wildman–Crippen LogP) is -2.82. The van der Waals surface area contributed by atoms with Crippen LogP contribution in [0, 0.1) is 11.3 Å². The highest BCUT2D eigenvalue weighted by molar-refractivity contribution is 5.81. The van der Waals surface area contributed by atoms with Crippen LogP contribution in [0.3, 0.4) is 0 Å². The van der Waals surface area contributed by atoms with Crippen molar-refractivity contribution in [2.24, 2.45) is 0 Å². The highest BCUT2D eigenvalue weighted by Crippen LogP contribution is 1.91. The molecule has 0 atom stereocenters. The van der Waals surface area contributed by atoms with Crippen molar-refractivity contribution in [3.63, 3.8) is 0 Å². The fraction of sp³-hybridized carbons (Fsp3) is 0.714. The molecule has 0 saturated carbocycles. The largest absolute Gasteiger partial charge is 1.00 e. The molecule has 0 aliphatic rings. The minimum Gasteiger partial charge on any atom is -1.00 e. The van der Waals surface area contributed by atoms with E-state index in [2.05, 4.69) is 0 Å². The lowest BCUT2D eigenvalue weighted by Gasteiger charge is -2.21. The van der Waals surface area contributed by atoms with Crippen molar-refractivity contribution in [3.05, 3.63) is 0 Å². The van der Waals surface area contributed by atoms with Gasteiger partial charge in [-0.05, 0) is 0 Å². The fourth-order valence-electron chi connectivity index (χ4n) is 0.673. The Kier molecular flexibility index (Phi) is 6.06. The molecule has 0 heterocycles. The number of likely N-dealkylation sites (N-methyl/N-ethyl adjacent to an activating group) is 1. The molecule has 0 unspecified atom stereocenters. The molecule has 0 bridgehead atoms. The van der Waals surface area contributed by atoms with Crippen molar-refractivity contribution in [1.29, 1.82) is 5.26 Å². The number of Topliss-reactive ketones (excluding diaryl/α,β-unsaturated/α-hetero) is 1. The standard InChI is InChI=1S/C7H13N2O.ClH/c1-9(2,3)6-7(10)4-5-8;/h4,6H2,1-3H3;1H/q+1;/p-1. The van der Waals surface area contributed by atoms with Crippen LogP contribution in [0.15, 0.2) is 0 Å². The zero-order valence-electron chi connectivity index (χ0n) is 7.09. The number of carbonyl (C=O) groups excluding carboxylic acids is 1. The summed E-state index contributed by atoms with van der Waals surface area (Å²) in [6.45, 7) is 0.438. The third kappa shape index (κ3) is 9.41. The molecule has 3 nitrogen and oxygen atoms in total. The van der Waals surface area contributed by atoms with Crippen LogP contribution in [-0.4, -0.2) is 38.0 Å². The Hall–Kier alpha value is -0.590. The summed E-state index contributed by atoms with van der Waals surface area (Å²) in [6.07, 6.45) is 0.0372. The summed E-state index contributed by atoms with van der Waals surface area (Å²) in [6, 6.07) is 1.83. The van der Waals surface area contributed by atoms with Crippen molar-refractivity contribution >= 4 is 5.78 Å². The minimum atomic E-state index is 0. The normalized spacial score (nSPS) is 9.64. The zero-order chi connectivity index (χ0) is 8.20. The number of nitrogens with zero attached hydrogens (tertiary/aromatic N) is 2. The number of carbonyl (C=O) groups is 1. The number of halogens is 1. The Balaban J connectivity index is 0. The van der Waals surface area contributed by atoms with Crippen LogP contribution in [0.1, 0.15) is 6.42 Å². The van der Waals surface area contributed by atoms with Crippen molar-refractivity contribution in [2.75, 3.05) is 27.7 Å². The number of rotatable bonds is 3. The number of ketones is 1. The summed E-state index contributed by atoms with van der Waals surface area (Å²) in [7, 11) is 5.78. The van der Waals surface area contributed by atoms with E-state index in [1.807, 2.05) is 27.2 Å².